The number of benzene rings is 3. The Balaban J connectivity index is 1.47. The molecule has 0 aliphatic carbocycles. The number of ether oxygens (including phenoxy) is 1. The number of rotatable bonds is 8. The fourth-order valence-electron chi connectivity index (χ4n) is 3.83. The van der Waals surface area contributed by atoms with Gasteiger partial charge >= 0.3 is 6.03 Å². The van der Waals surface area contributed by atoms with Crippen molar-refractivity contribution >= 4 is 40.2 Å². The predicted molar refractivity (Wildman–Crippen MR) is 126 cm³/mol. The maximum Gasteiger partial charge on any atom is 0.325 e. The average molecular weight is 460 g/mol. The lowest BCUT2D eigenvalue weighted by atomic mass is 9.90. The summed E-state index contributed by atoms with van der Waals surface area (Å²) in [5.41, 5.74) is 4.80. The van der Waals surface area contributed by atoms with E-state index in [1.807, 2.05) is 36.4 Å². The van der Waals surface area contributed by atoms with E-state index in [2.05, 4.69) is 10.6 Å². The first-order valence-electron chi connectivity index (χ1n) is 10.7. The summed E-state index contributed by atoms with van der Waals surface area (Å²) in [7, 11) is 0. The lowest BCUT2D eigenvalue weighted by Gasteiger charge is -2.22. The Bertz CT molecular complexity index is 1290. The van der Waals surface area contributed by atoms with Crippen LogP contribution >= 0.6 is 0 Å². The van der Waals surface area contributed by atoms with Gasteiger partial charge in [0.05, 0.1) is 18.7 Å². The molecular weight excluding hydrogens is 436 g/mol. The molecule has 34 heavy (non-hydrogen) atoms. The van der Waals surface area contributed by atoms with Crippen molar-refractivity contribution in [2.75, 3.05) is 18.5 Å². The summed E-state index contributed by atoms with van der Waals surface area (Å²) in [4.78, 5) is 50.4. The first-order chi connectivity index (χ1) is 16.3. The van der Waals surface area contributed by atoms with E-state index in [0.29, 0.717) is 17.0 Å². The smallest absolute Gasteiger partial charge is 0.325 e. The lowest BCUT2D eigenvalue weighted by Crippen LogP contribution is -2.42. The fraction of sp³-hybridized carbons (Fsp3) is 0.200. The zero-order valence-electron chi connectivity index (χ0n) is 18.5. The first kappa shape index (κ1) is 22.8. The normalized spacial score (nSPS) is 17.5. The molecule has 0 spiro atoms. The first-order valence-corrected chi connectivity index (χ1v) is 10.7. The molecule has 0 radical (unpaired) electrons. The molecular formula is C25H24N4O5. The molecule has 0 bridgehead atoms. The molecule has 0 saturated carbocycles. The molecule has 4 rings (SSSR count). The van der Waals surface area contributed by atoms with E-state index in [1.165, 1.54) is 0 Å². The molecule has 9 heteroatoms. The van der Waals surface area contributed by atoms with Crippen molar-refractivity contribution in [3.05, 3.63) is 72.3 Å². The minimum atomic E-state index is -1.29. The summed E-state index contributed by atoms with van der Waals surface area (Å²) < 4.78 is 5.51. The monoisotopic (exact) mass is 460 g/mol. The van der Waals surface area contributed by atoms with Gasteiger partial charge in [0.1, 0.15) is 17.8 Å². The number of nitrogens with one attached hydrogen (secondary N) is 2. The van der Waals surface area contributed by atoms with Gasteiger partial charge in [-0.05, 0) is 41.5 Å². The Labute approximate surface area is 195 Å². The van der Waals surface area contributed by atoms with Gasteiger partial charge in [-0.2, -0.15) is 0 Å². The molecule has 3 aromatic carbocycles. The average Bonchev–Trinajstić information content (AvgIpc) is 3.03. The molecule has 1 fully saturated rings. The number of carbonyl (C=O) groups is 4. The van der Waals surface area contributed by atoms with E-state index in [1.54, 1.807) is 37.3 Å². The Hall–Kier alpha value is -4.40. The van der Waals surface area contributed by atoms with Crippen LogP contribution in [0.25, 0.3) is 10.8 Å². The van der Waals surface area contributed by atoms with E-state index in [0.717, 1.165) is 15.7 Å². The molecule has 1 saturated heterocycles. The highest BCUT2D eigenvalue weighted by Crippen LogP contribution is 2.31. The molecule has 1 heterocycles. The second-order valence-corrected chi connectivity index (χ2v) is 8.12. The van der Waals surface area contributed by atoms with Gasteiger partial charge in [-0.3, -0.25) is 19.3 Å². The van der Waals surface area contributed by atoms with Crippen molar-refractivity contribution < 1.29 is 23.9 Å². The number of carbonyl (C=O) groups excluding carboxylic acids is 4. The second kappa shape index (κ2) is 9.22. The molecule has 1 aliphatic heterocycles. The molecule has 9 nitrogen and oxygen atoms in total. The van der Waals surface area contributed by atoms with Crippen LogP contribution in [-0.4, -0.2) is 41.8 Å². The highest BCUT2D eigenvalue weighted by atomic mass is 16.5. The Morgan fingerprint density at radius 1 is 1.03 bits per heavy atom. The van der Waals surface area contributed by atoms with Gasteiger partial charge in [0.2, 0.25) is 11.8 Å². The Kier molecular flexibility index (Phi) is 6.18. The van der Waals surface area contributed by atoms with Crippen LogP contribution in [0.5, 0.6) is 5.75 Å². The number of hydrogen-bond acceptors (Lipinski definition) is 5. The number of hydrogen-bond donors (Lipinski definition) is 3. The molecule has 3 aromatic rings. The Morgan fingerprint density at radius 2 is 1.74 bits per heavy atom. The molecule has 1 aliphatic rings. The number of nitrogens with zero attached hydrogens (tertiary/aromatic N) is 1. The van der Waals surface area contributed by atoms with Crippen LogP contribution in [0, 0.1) is 0 Å². The standard InChI is InChI=1S/C25H24N4O5/c1-25(18-11-10-16-6-2-3-7-17(16)14-18)23(32)29(24(33)28-25)15-22(31)27-19-8-4-5-9-20(19)34-13-12-21(26)30/h2-11,14H,12-13,15H2,1H3,(H2,26,30)(H,27,31)(H,28,33). The third-order valence-electron chi connectivity index (χ3n) is 5.67. The highest BCUT2D eigenvalue weighted by molar-refractivity contribution is 6.10. The van der Waals surface area contributed by atoms with Crippen LogP contribution < -0.4 is 21.1 Å². The van der Waals surface area contributed by atoms with E-state index in [9.17, 15) is 19.2 Å². The van der Waals surface area contributed by atoms with Gasteiger partial charge in [0.15, 0.2) is 0 Å². The van der Waals surface area contributed by atoms with Crippen LogP contribution in [-0.2, 0) is 19.9 Å². The summed E-state index contributed by atoms with van der Waals surface area (Å²) >= 11 is 0. The van der Waals surface area contributed by atoms with Crippen LogP contribution in [0.2, 0.25) is 0 Å². The minimum absolute atomic E-state index is 0.0259. The predicted octanol–water partition coefficient (Wildman–Crippen LogP) is 2.50. The SMILES string of the molecule is CC1(c2ccc3ccccc3c2)NC(=O)N(CC(=O)Nc2ccccc2OCCC(N)=O)C1=O. The largest absolute Gasteiger partial charge is 0.491 e. The number of nitrogens with two attached hydrogens (primary N) is 1. The molecule has 5 amide bonds. The number of para-hydroxylation sites is 2. The quantitative estimate of drug-likeness (QED) is 0.445. The molecule has 0 aromatic heterocycles. The second-order valence-electron chi connectivity index (χ2n) is 8.12. The van der Waals surface area contributed by atoms with Crippen molar-refractivity contribution in [2.45, 2.75) is 18.9 Å². The summed E-state index contributed by atoms with van der Waals surface area (Å²) in [6, 6.07) is 19.2. The Morgan fingerprint density at radius 3 is 2.50 bits per heavy atom. The van der Waals surface area contributed by atoms with Gasteiger partial charge < -0.3 is 21.1 Å². The van der Waals surface area contributed by atoms with Crippen molar-refractivity contribution in [3.63, 3.8) is 0 Å². The van der Waals surface area contributed by atoms with Crippen LogP contribution in [0.15, 0.2) is 66.7 Å². The minimum Gasteiger partial charge on any atom is -0.491 e. The zero-order valence-corrected chi connectivity index (χ0v) is 18.5. The van der Waals surface area contributed by atoms with Gasteiger partial charge in [-0.15, -0.1) is 0 Å². The number of amides is 5. The van der Waals surface area contributed by atoms with E-state index >= 15 is 0 Å². The summed E-state index contributed by atoms with van der Waals surface area (Å²) in [5.74, 6) is -1.25. The molecule has 174 valence electrons. The number of primary amides is 1. The van der Waals surface area contributed by atoms with Crippen LogP contribution in [0.1, 0.15) is 18.9 Å². The molecule has 1 unspecified atom stereocenters. The summed E-state index contributed by atoms with van der Waals surface area (Å²) in [5, 5.41) is 7.32. The number of imide groups is 1. The van der Waals surface area contributed by atoms with Crippen molar-refractivity contribution in [2.24, 2.45) is 5.73 Å². The van der Waals surface area contributed by atoms with Crippen molar-refractivity contribution in [3.8, 4) is 5.75 Å². The van der Waals surface area contributed by atoms with Gasteiger partial charge in [0, 0.05) is 0 Å². The third-order valence-corrected chi connectivity index (χ3v) is 5.67. The fourth-order valence-corrected chi connectivity index (χ4v) is 3.83. The third kappa shape index (κ3) is 4.54. The van der Waals surface area contributed by atoms with Gasteiger partial charge in [-0.1, -0.05) is 48.5 Å². The summed E-state index contributed by atoms with van der Waals surface area (Å²) in [6.45, 7) is 1.21. The van der Waals surface area contributed by atoms with E-state index in [4.69, 9.17) is 10.5 Å². The van der Waals surface area contributed by atoms with Crippen molar-refractivity contribution in [1.29, 1.82) is 0 Å². The number of urea groups is 1. The summed E-state index contributed by atoms with van der Waals surface area (Å²) in [6.07, 6.45) is 0.0259. The van der Waals surface area contributed by atoms with E-state index < -0.39 is 35.8 Å². The molecule has 4 N–H and O–H groups in total. The zero-order chi connectivity index (χ0) is 24.3. The topological polar surface area (TPSA) is 131 Å². The number of fused-ring (bicyclic) bond motifs is 1. The maximum absolute atomic E-state index is 13.2. The van der Waals surface area contributed by atoms with Crippen LogP contribution in [0.4, 0.5) is 10.5 Å². The van der Waals surface area contributed by atoms with Crippen LogP contribution in [0.3, 0.4) is 0 Å². The van der Waals surface area contributed by atoms with E-state index in [-0.39, 0.29) is 13.0 Å². The lowest BCUT2D eigenvalue weighted by molar-refractivity contribution is -0.133. The van der Waals surface area contributed by atoms with Gasteiger partial charge in [0.25, 0.3) is 5.91 Å². The molecule has 1 atom stereocenters. The maximum atomic E-state index is 13.2. The number of anilines is 1. The highest BCUT2D eigenvalue weighted by Gasteiger charge is 2.49. The van der Waals surface area contributed by atoms with Gasteiger partial charge in [-0.25, -0.2) is 4.79 Å². The van der Waals surface area contributed by atoms with Crippen molar-refractivity contribution in [1.82, 2.24) is 10.2 Å².